The molecule has 2 aromatic carbocycles. The first-order valence-electron chi connectivity index (χ1n) is 8.10. The maximum atomic E-state index is 12.2. The van der Waals surface area contributed by atoms with Crippen LogP contribution in [0.3, 0.4) is 0 Å². The molecule has 3 amide bonds. The first kappa shape index (κ1) is 19.0. The van der Waals surface area contributed by atoms with E-state index in [1.807, 2.05) is 6.07 Å². The van der Waals surface area contributed by atoms with Crippen molar-refractivity contribution < 1.29 is 14.3 Å². The lowest BCUT2D eigenvalue weighted by atomic mass is 10.2. The molecule has 1 N–H and O–H groups in total. The van der Waals surface area contributed by atoms with E-state index in [1.165, 1.54) is 6.08 Å². The molecule has 1 aliphatic heterocycles. The summed E-state index contributed by atoms with van der Waals surface area (Å²) in [5.41, 5.74) is 1.89. The quantitative estimate of drug-likeness (QED) is 0.434. The van der Waals surface area contributed by atoms with Crippen LogP contribution in [0.4, 0.5) is 4.79 Å². The molecule has 0 unspecified atom stereocenters. The van der Waals surface area contributed by atoms with Crippen molar-refractivity contribution in [2.75, 3.05) is 6.54 Å². The molecular weight excluding hydrogens is 387 g/mol. The second-order valence-electron chi connectivity index (χ2n) is 5.80. The normalized spacial score (nSPS) is 15.2. The van der Waals surface area contributed by atoms with Crippen molar-refractivity contribution >= 4 is 41.2 Å². The van der Waals surface area contributed by atoms with Crippen molar-refractivity contribution in [2.45, 2.75) is 6.61 Å². The third-order valence-corrected chi connectivity index (χ3v) is 4.59. The zero-order chi connectivity index (χ0) is 19.4. The van der Waals surface area contributed by atoms with Crippen molar-refractivity contribution in [3.05, 3.63) is 82.0 Å². The lowest BCUT2D eigenvalue weighted by Crippen LogP contribution is -2.30. The van der Waals surface area contributed by atoms with Gasteiger partial charge >= 0.3 is 6.03 Å². The van der Waals surface area contributed by atoms with Crippen LogP contribution in [0.15, 0.2) is 60.8 Å². The number of benzene rings is 2. The van der Waals surface area contributed by atoms with Crippen molar-refractivity contribution in [2.24, 2.45) is 0 Å². The molecule has 0 aromatic heterocycles. The van der Waals surface area contributed by atoms with Crippen molar-refractivity contribution in [3.8, 4) is 5.75 Å². The number of nitrogens with zero attached hydrogens (tertiary/aromatic N) is 1. The molecule has 3 rings (SSSR count). The summed E-state index contributed by atoms with van der Waals surface area (Å²) in [4.78, 5) is 25.0. The highest BCUT2D eigenvalue weighted by Gasteiger charge is 2.32. The minimum absolute atomic E-state index is 0.170. The summed E-state index contributed by atoms with van der Waals surface area (Å²) in [5, 5.41) is 3.53. The van der Waals surface area contributed by atoms with Gasteiger partial charge in [-0.2, -0.15) is 0 Å². The molecule has 1 heterocycles. The van der Waals surface area contributed by atoms with Gasteiger partial charge in [-0.25, -0.2) is 4.79 Å². The van der Waals surface area contributed by atoms with E-state index in [-0.39, 0.29) is 18.1 Å². The second kappa shape index (κ2) is 8.29. The van der Waals surface area contributed by atoms with Crippen LogP contribution < -0.4 is 10.1 Å². The van der Waals surface area contributed by atoms with Gasteiger partial charge in [-0.05, 0) is 41.5 Å². The number of imide groups is 1. The molecule has 0 radical (unpaired) electrons. The number of nitrogens with one attached hydrogen (secondary N) is 1. The van der Waals surface area contributed by atoms with Crippen molar-refractivity contribution in [3.63, 3.8) is 0 Å². The van der Waals surface area contributed by atoms with Crippen molar-refractivity contribution in [1.82, 2.24) is 10.2 Å². The fraction of sp³-hybridized carbons (Fsp3) is 0.100. The molecule has 1 aliphatic rings. The molecule has 7 heteroatoms. The van der Waals surface area contributed by atoms with Crippen LogP contribution >= 0.6 is 23.2 Å². The summed E-state index contributed by atoms with van der Waals surface area (Å²) >= 11 is 11.9. The molecule has 0 saturated carbocycles. The largest absolute Gasteiger partial charge is 0.489 e. The van der Waals surface area contributed by atoms with E-state index in [0.29, 0.717) is 22.4 Å². The van der Waals surface area contributed by atoms with E-state index in [0.717, 1.165) is 16.0 Å². The van der Waals surface area contributed by atoms with Gasteiger partial charge in [0.1, 0.15) is 18.1 Å². The topological polar surface area (TPSA) is 58.6 Å². The zero-order valence-electron chi connectivity index (χ0n) is 14.2. The van der Waals surface area contributed by atoms with Gasteiger partial charge in [0.05, 0.1) is 10.0 Å². The number of halogens is 2. The lowest BCUT2D eigenvalue weighted by molar-refractivity contribution is -0.122. The Kier molecular flexibility index (Phi) is 5.84. The number of hydrogen-bond donors (Lipinski definition) is 1. The number of amides is 3. The smallest absolute Gasteiger partial charge is 0.329 e. The van der Waals surface area contributed by atoms with Gasteiger partial charge in [0.2, 0.25) is 0 Å². The maximum absolute atomic E-state index is 12.2. The Bertz CT molecular complexity index is 923. The lowest BCUT2D eigenvalue weighted by Gasteiger charge is -2.08. The molecule has 5 nitrogen and oxygen atoms in total. The zero-order valence-corrected chi connectivity index (χ0v) is 15.8. The Morgan fingerprint density at radius 3 is 2.48 bits per heavy atom. The van der Waals surface area contributed by atoms with Gasteiger partial charge < -0.3 is 10.1 Å². The predicted octanol–water partition coefficient (Wildman–Crippen LogP) is 4.65. The van der Waals surface area contributed by atoms with Gasteiger partial charge in [0.15, 0.2) is 0 Å². The van der Waals surface area contributed by atoms with E-state index in [2.05, 4.69) is 11.9 Å². The number of urea groups is 1. The standard InChI is InChI=1S/C20H16Cl2N2O3/c1-2-9-24-19(25)18(23-20(24)26)11-13-3-6-15(7-4-13)27-12-14-5-8-16(21)17(22)10-14/h2-8,10-11H,1,9,12H2,(H,23,26)/b18-11+. The summed E-state index contributed by atoms with van der Waals surface area (Å²) in [5.74, 6) is 0.290. The third kappa shape index (κ3) is 4.51. The third-order valence-electron chi connectivity index (χ3n) is 3.85. The average Bonchev–Trinajstić information content (AvgIpc) is 2.92. The van der Waals surface area contributed by atoms with Gasteiger partial charge in [-0.15, -0.1) is 6.58 Å². The number of hydrogen-bond acceptors (Lipinski definition) is 3. The minimum atomic E-state index is -0.451. The molecule has 0 spiro atoms. The molecule has 2 aromatic rings. The molecule has 1 fully saturated rings. The monoisotopic (exact) mass is 402 g/mol. The Labute approximate surface area is 166 Å². The predicted molar refractivity (Wildman–Crippen MR) is 106 cm³/mol. The first-order valence-corrected chi connectivity index (χ1v) is 8.86. The van der Waals surface area contributed by atoms with Gasteiger partial charge in [-0.3, -0.25) is 9.69 Å². The summed E-state index contributed by atoms with van der Waals surface area (Å²) < 4.78 is 5.72. The van der Waals surface area contributed by atoms with E-state index in [4.69, 9.17) is 27.9 Å². The van der Waals surface area contributed by atoms with Gasteiger partial charge in [-0.1, -0.05) is 47.5 Å². The molecule has 138 valence electrons. The summed E-state index contributed by atoms with van der Waals surface area (Å²) in [6.07, 6.45) is 3.12. The number of rotatable bonds is 6. The fourth-order valence-electron chi connectivity index (χ4n) is 2.49. The minimum Gasteiger partial charge on any atom is -0.489 e. The fourth-order valence-corrected chi connectivity index (χ4v) is 2.81. The van der Waals surface area contributed by atoms with Gasteiger partial charge in [0, 0.05) is 6.54 Å². The van der Waals surface area contributed by atoms with E-state index in [1.54, 1.807) is 42.5 Å². The van der Waals surface area contributed by atoms with Gasteiger partial charge in [0.25, 0.3) is 5.91 Å². The van der Waals surface area contributed by atoms with Crippen LogP contribution in [0, 0.1) is 0 Å². The second-order valence-corrected chi connectivity index (χ2v) is 6.61. The van der Waals surface area contributed by atoms with Crippen LogP contribution in [0.5, 0.6) is 5.75 Å². The molecule has 0 atom stereocenters. The average molecular weight is 403 g/mol. The first-order chi connectivity index (χ1) is 13.0. The molecule has 1 saturated heterocycles. The van der Waals surface area contributed by atoms with E-state index < -0.39 is 6.03 Å². The summed E-state index contributed by atoms with van der Waals surface area (Å²) in [6, 6.07) is 12.0. The number of carbonyl (C=O) groups is 2. The number of carbonyl (C=O) groups excluding carboxylic acids is 2. The highest BCUT2D eigenvalue weighted by molar-refractivity contribution is 6.42. The highest BCUT2D eigenvalue weighted by Crippen LogP contribution is 2.24. The van der Waals surface area contributed by atoms with Crippen molar-refractivity contribution in [1.29, 1.82) is 0 Å². The van der Waals surface area contributed by atoms with Crippen LogP contribution in [0.2, 0.25) is 10.0 Å². The Balaban J connectivity index is 1.65. The Morgan fingerprint density at radius 1 is 1.07 bits per heavy atom. The summed E-state index contributed by atoms with van der Waals surface area (Å²) in [7, 11) is 0. The Morgan fingerprint density at radius 2 is 1.81 bits per heavy atom. The SMILES string of the molecule is C=CCN1C(=O)N/C(=C/c2ccc(OCc3ccc(Cl)c(Cl)c3)cc2)C1=O. The highest BCUT2D eigenvalue weighted by atomic mass is 35.5. The molecule has 0 bridgehead atoms. The van der Waals surface area contributed by atoms with Crippen LogP contribution in [-0.2, 0) is 11.4 Å². The number of ether oxygens (including phenoxy) is 1. The molecular formula is C20H16Cl2N2O3. The van der Waals surface area contributed by atoms with E-state index in [9.17, 15) is 9.59 Å². The molecule has 0 aliphatic carbocycles. The maximum Gasteiger partial charge on any atom is 0.329 e. The van der Waals surface area contributed by atoms with Crippen LogP contribution in [-0.4, -0.2) is 23.4 Å². The van der Waals surface area contributed by atoms with Crippen LogP contribution in [0.1, 0.15) is 11.1 Å². The molecule has 27 heavy (non-hydrogen) atoms. The van der Waals surface area contributed by atoms with E-state index >= 15 is 0 Å². The Hall–Kier alpha value is -2.76. The van der Waals surface area contributed by atoms with Crippen LogP contribution in [0.25, 0.3) is 6.08 Å². The summed E-state index contributed by atoms with van der Waals surface area (Å²) in [6.45, 7) is 4.06.